The first-order valence-electron chi connectivity index (χ1n) is 8.93. The van der Waals surface area contributed by atoms with Crippen LogP contribution in [-0.4, -0.2) is 22.3 Å². The predicted octanol–water partition coefficient (Wildman–Crippen LogP) is 5.62. The van der Waals surface area contributed by atoms with Crippen LogP contribution < -0.4 is 5.43 Å². The SMILES string of the molecule is O=C(O)c1cccc(-c2ccccc2C=NNc2nc(-c3ccccc3)cs2)c1. The molecule has 4 rings (SSSR count). The molecule has 4 aromatic rings. The minimum atomic E-state index is -0.947. The second kappa shape index (κ2) is 8.50. The fourth-order valence-corrected chi connectivity index (χ4v) is 3.58. The molecule has 0 saturated carbocycles. The zero-order chi connectivity index (χ0) is 20.1. The van der Waals surface area contributed by atoms with E-state index in [4.69, 9.17) is 0 Å². The van der Waals surface area contributed by atoms with Crippen molar-refractivity contribution in [3.05, 3.63) is 95.4 Å². The Kier molecular flexibility index (Phi) is 5.45. The van der Waals surface area contributed by atoms with Crippen LogP contribution in [0.25, 0.3) is 22.4 Å². The average Bonchev–Trinajstić information content (AvgIpc) is 3.24. The third-order valence-corrected chi connectivity index (χ3v) is 5.07. The molecule has 0 fully saturated rings. The number of hydrogen-bond acceptors (Lipinski definition) is 5. The van der Waals surface area contributed by atoms with Crippen LogP contribution in [0.3, 0.4) is 0 Å². The van der Waals surface area contributed by atoms with Gasteiger partial charge in [-0.05, 0) is 23.3 Å². The van der Waals surface area contributed by atoms with E-state index >= 15 is 0 Å². The Hall–Kier alpha value is -3.77. The van der Waals surface area contributed by atoms with Gasteiger partial charge in [-0.15, -0.1) is 11.3 Å². The molecule has 1 heterocycles. The lowest BCUT2D eigenvalue weighted by molar-refractivity contribution is 0.0697. The highest BCUT2D eigenvalue weighted by atomic mass is 32.1. The molecule has 0 atom stereocenters. The summed E-state index contributed by atoms with van der Waals surface area (Å²) in [5.74, 6) is -0.947. The first-order chi connectivity index (χ1) is 14.2. The molecule has 3 aromatic carbocycles. The van der Waals surface area contributed by atoms with E-state index in [9.17, 15) is 9.90 Å². The van der Waals surface area contributed by atoms with E-state index in [1.807, 2.05) is 66.0 Å². The quantitative estimate of drug-likeness (QED) is 0.326. The number of nitrogens with zero attached hydrogens (tertiary/aromatic N) is 2. The number of hydrogen-bond donors (Lipinski definition) is 2. The first kappa shape index (κ1) is 18.6. The maximum atomic E-state index is 11.3. The van der Waals surface area contributed by atoms with Crippen LogP contribution in [0.2, 0.25) is 0 Å². The Bertz CT molecular complexity index is 1170. The van der Waals surface area contributed by atoms with Gasteiger partial charge in [0.2, 0.25) is 5.13 Å². The maximum Gasteiger partial charge on any atom is 0.335 e. The Morgan fingerprint density at radius 1 is 0.966 bits per heavy atom. The fraction of sp³-hybridized carbons (Fsp3) is 0. The van der Waals surface area contributed by atoms with Crippen molar-refractivity contribution < 1.29 is 9.90 Å². The van der Waals surface area contributed by atoms with Gasteiger partial charge in [-0.2, -0.15) is 5.10 Å². The van der Waals surface area contributed by atoms with Crippen LogP contribution in [0.1, 0.15) is 15.9 Å². The van der Waals surface area contributed by atoms with Crippen molar-refractivity contribution in [2.45, 2.75) is 0 Å². The highest BCUT2D eigenvalue weighted by Crippen LogP contribution is 2.25. The van der Waals surface area contributed by atoms with Gasteiger partial charge in [-0.25, -0.2) is 9.78 Å². The molecule has 2 N–H and O–H groups in total. The lowest BCUT2D eigenvalue weighted by Gasteiger charge is -2.07. The van der Waals surface area contributed by atoms with Crippen LogP contribution in [0.4, 0.5) is 5.13 Å². The first-order valence-corrected chi connectivity index (χ1v) is 9.81. The molecule has 0 amide bonds. The zero-order valence-corrected chi connectivity index (χ0v) is 16.1. The van der Waals surface area contributed by atoms with Gasteiger partial charge >= 0.3 is 5.97 Å². The Balaban J connectivity index is 1.54. The molecule has 0 radical (unpaired) electrons. The molecule has 0 aliphatic heterocycles. The molecule has 142 valence electrons. The van der Waals surface area contributed by atoms with E-state index in [1.54, 1.807) is 24.4 Å². The fourth-order valence-electron chi connectivity index (χ4n) is 2.92. The van der Waals surface area contributed by atoms with Crippen molar-refractivity contribution in [1.29, 1.82) is 0 Å². The number of rotatable bonds is 6. The van der Waals surface area contributed by atoms with Gasteiger partial charge in [0, 0.05) is 16.5 Å². The molecular formula is C23H17N3O2S. The minimum Gasteiger partial charge on any atom is -0.478 e. The summed E-state index contributed by atoms with van der Waals surface area (Å²) in [6.07, 6.45) is 1.71. The van der Waals surface area contributed by atoms with Crippen LogP contribution in [0.5, 0.6) is 0 Å². The van der Waals surface area contributed by atoms with Gasteiger partial charge in [0.25, 0.3) is 0 Å². The van der Waals surface area contributed by atoms with Crippen molar-refractivity contribution in [2.75, 3.05) is 5.43 Å². The monoisotopic (exact) mass is 399 g/mol. The minimum absolute atomic E-state index is 0.253. The van der Waals surface area contributed by atoms with E-state index in [-0.39, 0.29) is 5.56 Å². The topological polar surface area (TPSA) is 74.6 Å². The molecule has 1 aromatic heterocycles. The molecule has 0 aliphatic rings. The molecule has 29 heavy (non-hydrogen) atoms. The van der Waals surface area contributed by atoms with Crippen LogP contribution in [-0.2, 0) is 0 Å². The summed E-state index contributed by atoms with van der Waals surface area (Å²) in [7, 11) is 0. The number of aromatic carboxylic acids is 1. The van der Waals surface area contributed by atoms with Crippen LogP contribution >= 0.6 is 11.3 Å². The number of carboxylic acids is 1. The van der Waals surface area contributed by atoms with Gasteiger partial charge in [0.05, 0.1) is 17.5 Å². The Labute approximate surface area is 172 Å². The number of anilines is 1. The summed E-state index contributed by atoms with van der Waals surface area (Å²) in [4.78, 5) is 15.8. The molecule has 0 saturated heterocycles. The molecule has 0 spiro atoms. The highest BCUT2D eigenvalue weighted by molar-refractivity contribution is 7.14. The summed E-state index contributed by atoms with van der Waals surface area (Å²) in [6, 6.07) is 24.6. The zero-order valence-electron chi connectivity index (χ0n) is 15.3. The van der Waals surface area contributed by atoms with E-state index in [0.29, 0.717) is 5.13 Å². The van der Waals surface area contributed by atoms with Crippen molar-refractivity contribution in [3.63, 3.8) is 0 Å². The number of nitrogens with one attached hydrogen (secondary N) is 1. The molecule has 0 bridgehead atoms. The van der Waals surface area contributed by atoms with Crippen molar-refractivity contribution in [1.82, 2.24) is 4.98 Å². The summed E-state index contributed by atoms with van der Waals surface area (Å²) in [6.45, 7) is 0. The van der Waals surface area contributed by atoms with E-state index in [2.05, 4.69) is 15.5 Å². The van der Waals surface area contributed by atoms with Gasteiger partial charge in [-0.1, -0.05) is 66.7 Å². The Morgan fingerprint density at radius 3 is 2.55 bits per heavy atom. The van der Waals surface area contributed by atoms with Gasteiger partial charge in [-0.3, -0.25) is 5.43 Å². The van der Waals surface area contributed by atoms with Crippen molar-refractivity contribution in [3.8, 4) is 22.4 Å². The van der Waals surface area contributed by atoms with Gasteiger partial charge < -0.3 is 5.11 Å². The molecule has 6 heteroatoms. The standard InChI is InChI=1S/C23H17N3O2S/c27-22(28)18-11-6-10-17(13-18)20-12-5-4-9-19(20)14-24-26-23-25-21(15-29-23)16-7-2-1-3-8-16/h1-15H,(H,25,26)(H,27,28). The smallest absolute Gasteiger partial charge is 0.335 e. The van der Waals surface area contributed by atoms with Crippen LogP contribution in [0.15, 0.2) is 89.3 Å². The number of carboxylic acid groups (broad SMARTS) is 1. The lowest BCUT2D eigenvalue weighted by Crippen LogP contribution is -1.97. The number of thiazole rings is 1. The highest BCUT2D eigenvalue weighted by Gasteiger charge is 2.08. The van der Waals surface area contributed by atoms with Crippen molar-refractivity contribution >= 4 is 28.7 Å². The molecule has 0 unspecified atom stereocenters. The number of carbonyl (C=O) groups is 1. The second-order valence-corrected chi connectivity index (χ2v) is 7.11. The summed E-state index contributed by atoms with van der Waals surface area (Å²) < 4.78 is 0. The normalized spacial score (nSPS) is 10.9. The third-order valence-electron chi connectivity index (χ3n) is 4.32. The maximum absolute atomic E-state index is 11.3. The third kappa shape index (κ3) is 4.39. The average molecular weight is 399 g/mol. The van der Waals surface area contributed by atoms with Gasteiger partial charge in [0.15, 0.2) is 0 Å². The number of benzene rings is 3. The van der Waals surface area contributed by atoms with E-state index in [0.717, 1.165) is 27.9 Å². The Morgan fingerprint density at radius 2 is 1.72 bits per heavy atom. The largest absolute Gasteiger partial charge is 0.478 e. The molecule has 5 nitrogen and oxygen atoms in total. The summed E-state index contributed by atoms with van der Waals surface area (Å²) in [5.41, 5.74) is 7.80. The van der Waals surface area contributed by atoms with E-state index < -0.39 is 5.97 Å². The lowest BCUT2D eigenvalue weighted by atomic mass is 9.99. The van der Waals surface area contributed by atoms with Gasteiger partial charge in [0.1, 0.15) is 0 Å². The van der Waals surface area contributed by atoms with E-state index in [1.165, 1.54) is 11.3 Å². The summed E-state index contributed by atoms with van der Waals surface area (Å²) in [5, 5.41) is 16.2. The molecular weight excluding hydrogens is 382 g/mol. The van der Waals surface area contributed by atoms with Crippen LogP contribution in [0, 0.1) is 0 Å². The number of aromatic nitrogens is 1. The predicted molar refractivity (Wildman–Crippen MR) is 118 cm³/mol. The number of hydrazone groups is 1. The summed E-state index contributed by atoms with van der Waals surface area (Å²) >= 11 is 1.48. The second-order valence-electron chi connectivity index (χ2n) is 6.25. The van der Waals surface area contributed by atoms with Crippen molar-refractivity contribution in [2.24, 2.45) is 5.10 Å². The molecule has 0 aliphatic carbocycles.